The van der Waals surface area contributed by atoms with Crippen molar-refractivity contribution in [3.05, 3.63) is 29.6 Å². The van der Waals surface area contributed by atoms with Crippen LogP contribution in [0.4, 0.5) is 4.39 Å². The first-order valence-corrected chi connectivity index (χ1v) is 7.51. The molecule has 1 aromatic carbocycles. The molecule has 4 nitrogen and oxygen atoms in total. The second kappa shape index (κ2) is 7.41. The molecule has 1 saturated heterocycles. The van der Waals surface area contributed by atoms with E-state index in [1.807, 2.05) is 11.8 Å². The van der Waals surface area contributed by atoms with E-state index < -0.39 is 0 Å². The van der Waals surface area contributed by atoms with E-state index in [2.05, 4.69) is 0 Å². The van der Waals surface area contributed by atoms with E-state index >= 15 is 0 Å². The number of amides is 1. The lowest BCUT2D eigenvalue weighted by Crippen LogP contribution is -2.38. The Morgan fingerprint density at radius 3 is 2.76 bits per heavy atom. The van der Waals surface area contributed by atoms with E-state index in [-0.39, 0.29) is 24.4 Å². The van der Waals surface area contributed by atoms with Crippen LogP contribution in [0.5, 0.6) is 5.75 Å². The highest BCUT2D eigenvalue weighted by atomic mass is 19.1. The van der Waals surface area contributed by atoms with Crippen molar-refractivity contribution in [3.8, 4) is 5.75 Å². The predicted molar refractivity (Wildman–Crippen MR) is 79.7 cm³/mol. The van der Waals surface area contributed by atoms with Crippen LogP contribution in [0, 0.1) is 5.82 Å². The van der Waals surface area contributed by atoms with Gasteiger partial charge in [0.1, 0.15) is 11.6 Å². The summed E-state index contributed by atoms with van der Waals surface area (Å²) < 4.78 is 18.9. The van der Waals surface area contributed by atoms with E-state index in [4.69, 9.17) is 10.5 Å². The smallest absolute Gasteiger partial charge is 0.260 e. The van der Waals surface area contributed by atoms with Gasteiger partial charge in [-0.2, -0.15) is 0 Å². The van der Waals surface area contributed by atoms with Gasteiger partial charge >= 0.3 is 0 Å². The Labute approximate surface area is 125 Å². The first-order valence-electron chi connectivity index (χ1n) is 7.51. The van der Waals surface area contributed by atoms with Crippen molar-refractivity contribution in [1.29, 1.82) is 0 Å². The lowest BCUT2D eigenvalue weighted by Gasteiger charge is -2.26. The third kappa shape index (κ3) is 4.70. The Morgan fingerprint density at radius 1 is 1.38 bits per heavy atom. The fourth-order valence-corrected chi connectivity index (χ4v) is 2.57. The molecule has 2 rings (SSSR count). The maximum atomic E-state index is 13.3. The number of halogens is 1. The van der Waals surface area contributed by atoms with Crippen LogP contribution in [-0.2, 0) is 11.2 Å². The largest absolute Gasteiger partial charge is 0.483 e. The number of rotatable bonds is 5. The molecule has 1 aliphatic heterocycles. The van der Waals surface area contributed by atoms with Crippen LogP contribution in [0.25, 0.3) is 0 Å². The number of nitrogens with two attached hydrogens (primary N) is 1. The number of carbonyl (C=O) groups is 1. The van der Waals surface area contributed by atoms with Gasteiger partial charge in [-0.15, -0.1) is 0 Å². The van der Waals surface area contributed by atoms with Gasteiger partial charge in [0.05, 0.1) is 0 Å². The summed E-state index contributed by atoms with van der Waals surface area (Å²) in [6.45, 7) is 3.46. The fourth-order valence-electron chi connectivity index (χ4n) is 2.57. The van der Waals surface area contributed by atoms with E-state index in [0.717, 1.165) is 25.9 Å². The van der Waals surface area contributed by atoms with Crippen molar-refractivity contribution >= 4 is 5.91 Å². The predicted octanol–water partition coefficient (Wildman–Crippen LogP) is 2.11. The normalized spacial score (nSPS) is 16.6. The molecule has 1 aliphatic rings. The van der Waals surface area contributed by atoms with Gasteiger partial charge in [0.15, 0.2) is 6.61 Å². The quantitative estimate of drug-likeness (QED) is 0.905. The van der Waals surface area contributed by atoms with Crippen LogP contribution in [0.2, 0.25) is 0 Å². The topological polar surface area (TPSA) is 55.6 Å². The maximum absolute atomic E-state index is 13.3. The number of likely N-dealkylation sites (tertiary alicyclic amines) is 1. The fraction of sp³-hybridized carbons (Fsp3) is 0.562. The van der Waals surface area contributed by atoms with E-state index in [9.17, 15) is 9.18 Å². The number of nitrogens with zero attached hydrogens (tertiary/aromatic N) is 1. The Balaban J connectivity index is 1.97. The maximum Gasteiger partial charge on any atom is 0.260 e. The third-order valence-corrected chi connectivity index (χ3v) is 3.62. The summed E-state index contributed by atoms with van der Waals surface area (Å²) in [5.74, 6) is 0.213. The molecule has 1 fully saturated rings. The summed E-state index contributed by atoms with van der Waals surface area (Å²) in [4.78, 5) is 13.9. The summed E-state index contributed by atoms with van der Waals surface area (Å²) in [6.07, 6.45) is 3.81. The lowest BCUT2D eigenvalue weighted by atomic mass is 10.1. The number of benzene rings is 1. The van der Waals surface area contributed by atoms with Crippen molar-refractivity contribution in [2.45, 2.75) is 38.6 Å². The van der Waals surface area contributed by atoms with Crippen LogP contribution in [0.3, 0.4) is 0 Å². The van der Waals surface area contributed by atoms with Crippen LogP contribution in [-0.4, -0.2) is 36.5 Å². The molecule has 0 radical (unpaired) electrons. The number of carbonyl (C=O) groups excluding carboxylic acids is 1. The van der Waals surface area contributed by atoms with Gasteiger partial charge in [-0.1, -0.05) is 0 Å². The number of piperidine rings is 1. The van der Waals surface area contributed by atoms with E-state index in [1.54, 1.807) is 6.07 Å². The highest BCUT2D eigenvalue weighted by Crippen LogP contribution is 2.21. The van der Waals surface area contributed by atoms with Crippen LogP contribution >= 0.6 is 0 Å². The monoisotopic (exact) mass is 294 g/mol. The second-order valence-electron chi connectivity index (χ2n) is 5.66. The van der Waals surface area contributed by atoms with Gasteiger partial charge in [-0.25, -0.2) is 4.39 Å². The number of hydrogen-bond acceptors (Lipinski definition) is 3. The van der Waals surface area contributed by atoms with Crippen LogP contribution in [0.15, 0.2) is 18.2 Å². The van der Waals surface area contributed by atoms with Crippen molar-refractivity contribution in [2.24, 2.45) is 5.73 Å². The lowest BCUT2D eigenvalue weighted by molar-refractivity contribution is -0.134. The number of ether oxygens (including phenoxy) is 1. The molecule has 1 heterocycles. The van der Waals surface area contributed by atoms with Gasteiger partial charge in [-0.05, 0) is 56.4 Å². The summed E-state index contributed by atoms with van der Waals surface area (Å²) >= 11 is 0. The van der Waals surface area contributed by atoms with Crippen molar-refractivity contribution < 1.29 is 13.9 Å². The standard InChI is InChI=1S/C16H23FN2O2/c1-12(18)9-13-10-14(17)5-6-15(13)21-11-16(20)19-7-3-2-4-8-19/h5-6,10,12H,2-4,7-9,11,18H2,1H3. The molecule has 0 bridgehead atoms. The Kier molecular flexibility index (Phi) is 5.56. The van der Waals surface area contributed by atoms with Crippen LogP contribution in [0.1, 0.15) is 31.7 Å². The molecule has 2 N–H and O–H groups in total. The van der Waals surface area contributed by atoms with Gasteiger partial charge in [0, 0.05) is 19.1 Å². The molecule has 0 spiro atoms. The number of hydrogen-bond donors (Lipinski definition) is 1. The molecule has 21 heavy (non-hydrogen) atoms. The molecule has 1 amide bonds. The van der Waals surface area contributed by atoms with Gasteiger partial charge in [0.2, 0.25) is 0 Å². The molecule has 1 atom stereocenters. The highest BCUT2D eigenvalue weighted by molar-refractivity contribution is 5.77. The summed E-state index contributed by atoms with van der Waals surface area (Å²) in [5.41, 5.74) is 6.47. The SMILES string of the molecule is CC(N)Cc1cc(F)ccc1OCC(=O)N1CCCCC1. The Hall–Kier alpha value is -1.62. The highest BCUT2D eigenvalue weighted by Gasteiger charge is 2.17. The minimum absolute atomic E-state index is 0.00240. The van der Waals surface area contributed by atoms with Gasteiger partial charge in [0.25, 0.3) is 5.91 Å². The minimum Gasteiger partial charge on any atom is -0.483 e. The summed E-state index contributed by atoms with van der Waals surface area (Å²) in [5, 5.41) is 0. The van der Waals surface area contributed by atoms with Crippen LogP contribution < -0.4 is 10.5 Å². The Morgan fingerprint density at radius 2 is 2.10 bits per heavy atom. The van der Waals surface area contributed by atoms with E-state index in [0.29, 0.717) is 17.7 Å². The minimum atomic E-state index is -0.319. The molecule has 1 aromatic rings. The molecule has 0 aromatic heterocycles. The molecule has 5 heteroatoms. The Bertz CT molecular complexity index is 485. The summed E-state index contributed by atoms with van der Waals surface area (Å²) in [6, 6.07) is 4.23. The van der Waals surface area contributed by atoms with Crippen molar-refractivity contribution in [3.63, 3.8) is 0 Å². The summed E-state index contributed by atoms with van der Waals surface area (Å²) in [7, 11) is 0. The first-order chi connectivity index (χ1) is 10.1. The third-order valence-electron chi connectivity index (χ3n) is 3.62. The molecular weight excluding hydrogens is 271 g/mol. The molecular formula is C16H23FN2O2. The first kappa shape index (κ1) is 15.8. The van der Waals surface area contributed by atoms with E-state index in [1.165, 1.54) is 18.6 Å². The zero-order valence-electron chi connectivity index (χ0n) is 12.5. The molecule has 0 saturated carbocycles. The van der Waals surface area contributed by atoms with Gasteiger partial charge < -0.3 is 15.4 Å². The average Bonchev–Trinajstić information content (AvgIpc) is 2.46. The zero-order chi connectivity index (χ0) is 15.2. The van der Waals surface area contributed by atoms with Crippen molar-refractivity contribution in [2.75, 3.05) is 19.7 Å². The zero-order valence-corrected chi connectivity index (χ0v) is 12.5. The molecule has 116 valence electrons. The molecule has 0 aliphatic carbocycles. The molecule has 1 unspecified atom stereocenters. The van der Waals surface area contributed by atoms with Gasteiger partial charge in [-0.3, -0.25) is 4.79 Å². The second-order valence-corrected chi connectivity index (χ2v) is 5.66. The average molecular weight is 294 g/mol. The van der Waals surface area contributed by atoms with Crippen molar-refractivity contribution in [1.82, 2.24) is 4.90 Å².